The van der Waals surface area contributed by atoms with Gasteiger partial charge in [0.25, 0.3) is 0 Å². The van der Waals surface area contributed by atoms with Crippen LogP contribution in [0.15, 0.2) is 53.3 Å². The molecule has 0 aliphatic carbocycles. The number of nitrogens with zero attached hydrogens (tertiary/aromatic N) is 1. The highest BCUT2D eigenvalue weighted by atomic mass is 16.5. The monoisotopic (exact) mass is 309 g/mol. The third-order valence-corrected chi connectivity index (χ3v) is 3.58. The summed E-state index contributed by atoms with van der Waals surface area (Å²) in [6, 6.07) is 13.4. The van der Waals surface area contributed by atoms with Crippen molar-refractivity contribution in [2.75, 3.05) is 14.2 Å². The number of hydrogen-bond acceptors (Lipinski definition) is 5. The van der Waals surface area contributed by atoms with Crippen LogP contribution in [0, 0.1) is 0 Å². The van der Waals surface area contributed by atoms with Crippen LogP contribution in [-0.2, 0) is 0 Å². The van der Waals surface area contributed by atoms with Crippen molar-refractivity contribution in [3.8, 4) is 28.5 Å². The van der Waals surface area contributed by atoms with Crippen LogP contribution in [0.25, 0.3) is 22.2 Å². The SMILES string of the molecule is COc1cc2ccc(-c3ccccc(=O)c3O)nc2cc1OC. The highest BCUT2D eigenvalue weighted by Crippen LogP contribution is 2.33. The molecule has 2 aromatic carbocycles. The molecular weight excluding hydrogens is 294 g/mol. The molecule has 3 aromatic rings. The van der Waals surface area contributed by atoms with Gasteiger partial charge in [-0.3, -0.25) is 4.79 Å². The lowest BCUT2D eigenvalue weighted by Crippen LogP contribution is -1.96. The maximum atomic E-state index is 11.7. The van der Waals surface area contributed by atoms with Gasteiger partial charge in [-0.2, -0.15) is 0 Å². The Kier molecular flexibility index (Phi) is 3.85. The number of methoxy groups -OCH3 is 2. The van der Waals surface area contributed by atoms with E-state index in [4.69, 9.17) is 9.47 Å². The number of fused-ring (bicyclic) bond motifs is 1. The molecule has 0 fully saturated rings. The quantitative estimate of drug-likeness (QED) is 0.805. The summed E-state index contributed by atoms with van der Waals surface area (Å²) < 4.78 is 10.6. The second-order valence-corrected chi connectivity index (χ2v) is 4.94. The average Bonchev–Trinajstić information content (AvgIpc) is 2.75. The summed E-state index contributed by atoms with van der Waals surface area (Å²) in [7, 11) is 3.13. The maximum Gasteiger partial charge on any atom is 0.220 e. The molecule has 0 aliphatic rings. The Bertz CT molecular complexity index is 937. The lowest BCUT2D eigenvalue weighted by atomic mass is 10.1. The van der Waals surface area contributed by atoms with Gasteiger partial charge in [0.05, 0.1) is 25.4 Å². The molecule has 0 bridgehead atoms. The normalized spacial score (nSPS) is 10.5. The molecule has 23 heavy (non-hydrogen) atoms. The van der Waals surface area contributed by atoms with Crippen LogP contribution in [0.2, 0.25) is 0 Å². The van der Waals surface area contributed by atoms with Gasteiger partial charge in [-0.25, -0.2) is 4.98 Å². The van der Waals surface area contributed by atoms with Crippen molar-refractivity contribution >= 4 is 10.9 Å². The first kappa shape index (κ1) is 14.8. The maximum absolute atomic E-state index is 11.7. The van der Waals surface area contributed by atoms with Crippen LogP contribution in [0.5, 0.6) is 17.2 Å². The van der Waals surface area contributed by atoms with Crippen molar-refractivity contribution in [1.29, 1.82) is 0 Å². The molecule has 0 amide bonds. The van der Waals surface area contributed by atoms with E-state index in [9.17, 15) is 9.90 Å². The molecule has 1 aromatic heterocycles. The highest BCUT2D eigenvalue weighted by Gasteiger charge is 2.11. The van der Waals surface area contributed by atoms with Gasteiger partial charge in [0.15, 0.2) is 17.2 Å². The Hall–Kier alpha value is -3.08. The predicted molar refractivity (Wildman–Crippen MR) is 88.2 cm³/mol. The van der Waals surface area contributed by atoms with E-state index in [0.29, 0.717) is 28.3 Å². The number of aromatic hydroxyl groups is 1. The van der Waals surface area contributed by atoms with Gasteiger partial charge in [0.2, 0.25) is 5.43 Å². The minimum absolute atomic E-state index is 0.317. The fourth-order valence-electron chi connectivity index (χ4n) is 2.39. The van der Waals surface area contributed by atoms with Crippen LogP contribution < -0.4 is 14.9 Å². The largest absolute Gasteiger partial charge is 0.504 e. The Morgan fingerprint density at radius 3 is 2.39 bits per heavy atom. The van der Waals surface area contributed by atoms with Gasteiger partial charge >= 0.3 is 0 Å². The summed E-state index contributed by atoms with van der Waals surface area (Å²) in [5.74, 6) is 0.865. The standard InChI is InChI=1S/C18H15NO4/c1-22-16-9-11-7-8-13(19-14(11)10-17(16)23-2)12-5-3-4-6-15(20)18(12)21/h3-10H,1-2H3,(H,20,21). The first-order valence-corrected chi connectivity index (χ1v) is 6.99. The van der Waals surface area contributed by atoms with Crippen molar-refractivity contribution in [3.63, 3.8) is 0 Å². The number of aromatic nitrogens is 1. The van der Waals surface area contributed by atoms with E-state index in [2.05, 4.69) is 4.98 Å². The number of hydrogen-bond donors (Lipinski definition) is 1. The molecule has 0 spiro atoms. The van der Waals surface area contributed by atoms with Gasteiger partial charge in [0, 0.05) is 17.0 Å². The molecule has 116 valence electrons. The van der Waals surface area contributed by atoms with Gasteiger partial charge in [-0.15, -0.1) is 0 Å². The summed E-state index contributed by atoms with van der Waals surface area (Å²) in [5.41, 5.74) is 1.13. The fraction of sp³-hybridized carbons (Fsp3) is 0.111. The second kappa shape index (κ2) is 5.96. The molecule has 5 heteroatoms. The van der Waals surface area contributed by atoms with Crippen molar-refractivity contribution in [2.24, 2.45) is 0 Å². The third kappa shape index (κ3) is 2.68. The minimum Gasteiger partial charge on any atom is -0.504 e. The topological polar surface area (TPSA) is 68.7 Å². The summed E-state index contributed by atoms with van der Waals surface area (Å²) in [6.45, 7) is 0. The highest BCUT2D eigenvalue weighted by molar-refractivity contribution is 5.85. The minimum atomic E-state index is -0.445. The fourth-order valence-corrected chi connectivity index (χ4v) is 2.39. The van der Waals surface area contributed by atoms with E-state index in [0.717, 1.165) is 5.39 Å². The number of ether oxygens (including phenoxy) is 2. The Morgan fingerprint density at radius 1 is 0.957 bits per heavy atom. The van der Waals surface area contributed by atoms with Crippen LogP contribution in [0.4, 0.5) is 0 Å². The lowest BCUT2D eigenvalue weighted by Gasteiger charge is -2.09. The van der Waals surface area contributed by atoms with E-state index in [1.807, 2.05) is 12.1 Å². The van der Waals surface area contributed by atoms with Gasteiger partial charge in [-0.1, -0.05) is 18.2 Å². The van der Waals surface area contributed by atoms with E-state index in [-0.39, 0.29) is 5.75 Å². The first-order valence-electron chi connectivity index (χ1n) is 6.99. The van der Waals surface area contributed by atoms with Crippen molar-refractivity contribution in [2.45, 2.75) is 0 Å². The summed E-state index contributed by atoms with van der Waals surface area (Å²) in [5, 5.41) is 10.9. The molecule has 5 nitrogen and oxygen atoms in total. The molecule has 0 aliphatic heterocycles. The van der Waals surface area contributed by atoms with Crippen LogP contribution in [0.1, 0.15) is 0 Å². The molecule has 0 saturated carbocycles. The van der Waals surface area contributed by atoms with Crippen LogP contribution >= 0.6 is 0 Å². The number of pyridine rings is 1. The van der Waals surface area contributed by atoms with Crippen LogP contribution in [0.3, 0.4) is 0 Å². The third-order valence-electron chi connectivity index (χ3n) is 3.58. The number of benzene rings is 1. The van der Waals surface area contributed by atoms with E-state index < -0.39 is 5.43 Å². The van der Waals surface area contributed by atoms with Gasteiger partial charge < -0.3 is 14.6 Å². The molecular formula is C18H15NO4. The van der Waals surface area contributed by atoms with Crippen LogP contribution in [-0.4, -0.2) is 24.3 Å². The first-order chi connectivity index (χ1) is 11.1. The zero-order chi connectivity index (χ0) is 16.4. The second-order valence-electron chi connectivity index (χ2n) is 4.94. The molecule has 0 saturated heterocycles. The summed E-state index contributed by atoms with van der Waals surface area (Å²) >= 11 is 0. The average molecular weight is 309 g/mol. The Morgan fingerprint density at radius 2 is 1.65 bits per heavy atom. The molecule has 3 rings (SSSR count). The summed E-state index contributed by atoms with van der Waals surface area (Å²) in [6.07, 6.45) is 0. The lowest BCUT2D eigenvalue weighted by molar-refractivity contribution is 0.356. The van der Waals surface area contributed by atoms with E-state index in [1.165, 1.54) is 6.07 Å². The zero-order valence-electron chi connectivity index (χ0n) is 12.7. The van der Waals surface area contributed by atoms with Crippen molar-refractivity contribution in [1.82, 2.24) is 4.98 Å². The smallest absolute Gasteiger partial charge is 0.220 e. The zero-order valence-corrected chi connectivity index (χ0v) is 12.7. The molecule has 0 unspecified atom stereocenters. The van der Waals surface area contributed by atoms with Gasteiger partial charge in [-0.05, 0) is 24.3 Å². The van der Waals surface area contributed by atoms with E-state index >= 15 is 0 Å². The predicted octanol–water partition coefficient (Wildman–Crippen LogP) is 2.98. The molecule has 1 N–H and O–H groups in total. The van der Waals surface area contributed by atoms with Crippen molar-refractivity contribution in [3.05, 3.63) is 58.8 Å². The molecule has 0 radical (unpaired) electrons. The Balaban J connectivity index is 2.24. The van der Waals surface area contributed by atoms with E-state index in [1.54, 1.807) is 44.6 Å². The molecule has 0 atom stereocenters. The van der Waals surface area contributed by atoms with Gasteiger partial charge in [0.1, 0.15) is 0 Å². The summed E-state index contributed by atoms with van der Waals surface area (Å²) in [4.78, 5) is 16.3. The number of rotatable bonds is 3. The van der Waals surface area contributed by atoms with Crippen molar-refractivity contribution < 1.29 is 14.6 Å². The molecule has 1 heterocycles. The Labute approximate surface area is 132 Å².